The fourth-order valence-corrected chi connectivity index (χ4v) is 14.7. The molecule has 29 nitrogen and oxygen atoms in total. The maximum atomic E-state index is 14.9. The number of aliphatic hydroxyl groups excluding tert-OH is 1. The lowest BCUT2D eigenvalue weighted by Gasteiger charge is -2.41. The van der Waals surface area contributed by atoms with Crippen molar-refractivity contribution in [1.82, 2.24) is 51.9 Å². The van der Waals surface area contributed by atoms with Crippen molar-refractivity contribution in [3.8, 4) is 11.1 Å². The molecule has 0 radical (unpaired) electrons. The lowest BCUT2D eigenvalue weighted by atomic mass is 9.89. The van der Waals surface area contributed by atoms with Crippen LogP contribution >= 0.6 is 0 Å². The molecule has 0 saturated carbocycles. The minimum Gasteiger partial charge on any atom is -0.449 e. The van der Waals surface area contributed by atoms with E-state index < -0.39 is 150 Å². The summed E-state index contributed by atoms with van der Waals surface area (Å²) in [4.78, 5) is 157. The second-order valence-electron chi connectivity index (χ2n) is 31.7. The molecule has 0 spiro atoms. The highest BCUT2D eigenvalue weighted by molar-refractivity contribution is 5.99. The molecule has 2 aliphatic rings. The first kappa shape index (κ1) is 92.0. The normalized spacial score (nSPS) is 16.5. The topological polar surface area (TPSA) is 386 Å². The Labute approximate surface area is 666 Å². The van der Waals surface area contributed by atoms with Gasteiger partial charge in [-0.1, -0.05) is 160 Å². The third-order valence-electron chi connectivity index (χ3n) is 21.1. The van der Waals surface area contributed by atoms with Crippen molar-refractivity contribution in [2.24, 2.45) is 35.3 Å². The number of ether oxygens (including phenoxy) is 5. The van der Waals surface area contributed by atoms with Crippen LogP contribution in [-0.2, 0) is 63.9 Å². The molecule has 4 aromatic rings. The number of fused-ring (bicyclic) bond motifs is 3. The Hall–Kier alpha value is -9.87. The van der Waals surface area contributed by atoms with Gasteiger partial charge in [0.05, 0.1) is 48.8 Å². The summed E-state index contributed by atoms with van der Waals surface area (Å²) in [5.41, 5.74) is 10.2. The van der Waals surface area contributed by atoms with Crippen LogP contribution in [-0.4, -0.2) is 206 Å². The highest BCUT2D eigenvalue weighted by Crippen LogP contribution is 2.44. The lowest BCUT2D eigenvalue weighted by Crippen LogP contribution is -2.60. The number of aliphatic hydroxyl groups is 1. The van der Waals surface area contributed by atoms with Crippen LogP contribution in [0.3, 0.4) is 0 Å². The average molecular weight is 1570 g/mol. The molecule has 1 heterocycles. The summed E-state index contributed by atoms with van der Waals surface area (Å²) in [7, 11) is 6.06. The number of rotatable bonds is 41. The monoisotopic (exact) mass is 1570 g/mol. The number of nitrogens with zero attached hydrogens (tertiary/aromatic N) is 3. The fourth-order valence-electron chi connectivity index (χ4n) is 14.7. The van der Waals surface area contributed by atoms with E-state index in [-0.39, 0.29) is 75.6 Å². The summed E-state index contributed by atoms with van der Waals surface area (Å²) in [6, 6.07) is 23.1. The van der Waals surface area contributed by atoms with Crippen molar-refractivity contribution in [2.75, 3.05) is 59.9 Å². The van der Waals surface area contributed by atoms with Crippen LogP contribution in [0.1, 0.15) is 182 Å². The quantitative estimate of drug-likeness (QED) is 0.0146. The van der Waals surface area contributed by atoms with Crippen molar-refractivity contribution in [3.05, 3.63) is 125 Å². The van der Waals surface area contributed by atoms with Gasteiger partial charge in [-0.15, -0.1) is 0 Å². The summed E-state index contributed by atoms with van der Waals surface area (Å²) in [5.74, 6) is -6.16. The maximum absolute atomic E-state index is 14.9. The number of unbranched alkanes of at least 4 members (excludes halogenated alkanes) is 1. The first-order chi connectivity index (χ1) is 53.5. The molecule has 0 aromatic heterocycles. The Kier molecular flexibility index (Phi) is 35.8. The molecule has 11 N–H and O–H groups in total. The molecule has 113 heavy (non-hydrogen) atoms. The van der Waals surface area contributed by atoms with E-state index in [0.29, 0.717) is 55.5 Å². The number of hydrogen-bond donors (Lipinski definition) is 10. The Bertz CT molecular complexity index is 3770. The van der Waals surface area contributed by atoms with Gasteiger partial charge in [-0.25, -0.2) is 19.2 Å². The molecular formula is C84H124N12O17. The molecule has 1 fully saturated rings. The number of nitrogens with one attached hydrogen (secondary N) is 8. The third-order valence-corrected chi connectivity index (χ3v) is 21.1. The Balaban J connectivity index is 1.04. The minimum atomic E-state index is -1.22. The molecule has 1 saturated heterocycles. The summed E-state index contributed by atoms with van der Waals surface area (Å²) in [6.45, 7) is 23.5. The van der Waals surface area contributed by atoms with Gasteiger partial charge < -0.3 is 86.9 Å². The largest absolute Gasteiger partial charge is 0.449 e. The predicted octanol–water partition coefficient (Wildman–Crippen LogP) is 9.19. The SMILES string of the molecule is CC[C@H](C)[C@@H]([C@@H](CC(=O)N1CCC[C@H]1[C@H](OC)[C@@H](C)C(=O)N[C@H](C)[C@@H](O)c1ccccc1)OC)N(C)C(=O)[C@@H](NC(=O)[C@H](C(C)C)N(C)C(=O)OCc1ccc(NC(=O)[C@H](CCCNC(N)=O)NC(=O)[C@@H](NC(=O)[C@H](CCCCNC(=O)OCC2c3ccccc3-c3ccccc32)NC(=O)OC(C)(C)C)C(C)C)cc1)C(C)C. The van der Waals surface area contributed by atoms with E-state index in [1.54, 1.807) is 129 Å². The van der Waals surface area contributed by atoms with Gasteiger partial charge in [-0.05, 0) is 142 Å². The van der Waals surface area contributed by atoms with Crippen molar-refractivity contribution in [2.45, 2.75) is 233 Å². The van der Waals surface area contributed by atoms with Gasteiger partial charge in [-0.2, -0.15) is 0 Å². The number of alkyl carbamates (subject to hydrolysis) is 2. The summed E-state index contributed by atoms with van der Waals surface area (Å²) in [5, 5.41) is 33.1. The molecule has 12 amide bonds. The van der Waals surface area contributed by atoms with E-state index in [4.69, 9.17) is 29.4 Å². The number of primary amides is 1. The molecule has 1 aliphatic heterocycles. The van der Waals surface area contributed by atoms with Crippen LogP contribution < -0.4 is 48.3 Å². The Morgan fingerprint density at radius 1 is 0.611 bits per heavy atom. The summed E-state index contributed by atoms with van der Waals surface area (Å²) in [6.07, 6.45) is -1.96. The molecule has 1 aliphatic carbocycles. The number of likely N-dealkylation sites (N-methyl/N-ethyl adjacent to an activating group) is 2. The number of hydrogen-bond acceptors (Lipinski definition) is 17. The first-order valence-corrected chi connectivity index (χ1v) is 39.5. The summed E-state index contributed by atoms with van der Waals surface area (Å²) < 4.78 is 29.0. The average Bonchev–Trinajstić information content (AvgIpc) is 1.62. The third kappa shape index (κ3) is 26.6. The number of carbonyl (C=O) groups excluding carboxylic acids is 11. The van der Waals surface area contributed by atoms with Crippen molar-refractivity contribution < 1.29 is 81.5 Å². The molecule has 29 heteroatoms. The fraction of sp³-hybridized carbons (Fsp3) is 0.583. The van der Waals surface area contributed by atoms with Gasteiger partial charge >= 0.3 is 24.3 Å². The van der Waals surface area contributed by atoms with Gasteiger partial charge in [0.15, 0.2) is 0 Å². The maximum Gasteiger partial charge on any atom is 0.410 e. The standard InChI is InChI=1S/C84H124N12O17/c1-18-52(8)71(66(109-16)46-67(97)96-45-29-38-65(96)73(110-17)53(9)74(99)88-54(10)72(98)56-30-20-19-21-31-56)94(14)79(104)69(50(4)5)93-78(103)70(51(6)7)95(15)83(108)112-47-55-39-41-57(42-40-55)89-75(100)63(37-28-44-86-80(85)105)90-77(102)68(49(2)3)92-76(101)64(91-82(107)113-84(11,12)13)36-26-27-43-87-81(106)111-48-62-60-34-24-22-32-58(60)59-33-23-25-35-61(59)62/h19-25,30-35,39-42,49-54,62-66,68-73,98H,18,26-29,36-38,43-48H2,1-17H3,(H,87,106)(H,88,99)(H,89,100)(H,90,102)(H,91,107)(H,92,101)(H,93,103)(H3,85,86,105)/t52-,53+,54+,63-,64-,65-,66+,68-,69-,70-,71-,72+,73+/m0/s1. The molecular weight excluding hydrogens is 1450 g/mol. The highest BCUT2D eigenvalue weighted by Gasteiger charge is 2.45. The second kappa shape index (κ2) is 44.0. The van der Waals surface area contributed by atoms with Crippen LogP contribution in [0.15, 0.2) is 103 Å². The van der Waals surface area contributed by atoms with Crippen molar-refractivity contribution in [3.63, 3.8) is 0 Å². The molecule has 13 atom stereocenters. The number of urea groups is 1. The Morgan fingerprint density at radius 3 is 1.77 bits per heavy atom. The van der Waals surface area contributed by atoms with Crippen molar-refractivity contribution >= 4 is 71.3 Å². The van der Waals surface area contributed by atoms with Crippen LogP contribution in [0.2, 0.25) is 0 Å². The molecule has 0 unspecified atom stereocenters. The van der Waals surface area contributed by atoms with Crippen LogP contribution in [0.25, 0.3) is 11.1 Å². The van der Waals surface area contributed by atoms with Crippen LogP contribution in [0, 0.1) is 29.6 Å². The minimum absolute atomic E-state index is 0.0100. The zero-order valence-electron chi connectivity index (χ0n) is 68.9. The van der Waals surface area contributed by atoms with Gasteiger partial charge in [0, 0.05) is 59.6 Å². The second-order valence-corrected chi connectivity index (χ2v) is 31.7. The lowest BCUT2D eigenvalue weighted by molar-refractivity contribution is -0.148. The van der Waals surface area contributed by atoms with E-state index in [1.165, 1.54) is 26.2 Å². The zero-order valence-corrected chi connectivity index (χ0v) is 68.9. The zero-order chi connectivity index (χ0) is 83.6. The summed E-state index contributed by atoms with van der Waals surface area (Å²) >= 11 is 0. The van der Waals surface area contributed by atoms with Crippen LogP contribution in [0.5, 0.6) is 0 Å². The van der Waals surface area contributed by atoms with E-state index in [1.807, 2.05) is 68.4 Å². The molecule has 622 valence electrons. The van der Waals surface area contributed by atoms with Gasteiger partial charge in [-0.3, -0.25) is 38.5 Å². The number of anilines is 1. The molecule has 4 aromatic carbocycles. The number of benzene rings is 4. The van der Waals surface area contributed by atoms with Gasteiger partial charge in [0.25, 0.3) is 0 Å². The number of amides is 12. The van der Waals surface area contributed by atoms with E-state index in [2.05, 4.69) is 54.7 Å². The number of carbonyl (C=O) groups is 11. The van der Waals surface area contributed by atoms with Crippen LogP contribution in [0.4, 0.5) is 24.9 Å². The van der Waals surface area contributed by atoms with E-state index >= 15 is 0 Å². The van der Waals surface area contributed by atoms with E-state index in [9.17, 15) is 57.8 Å². The highest BCUT2D eigenvalue weighted by atomic mass is 16.6. The number of methoxy groups -OCH3 is 2. The Morgan fingerprint density at radius 2 is 1.19 bits per heavy atom. The van der Waals surface area contributed by atoms with Gasteiger partial charge in [0.1, 0.15) is 49.0 Å². The number of likely N-dealkylation sites (tertiary alicyclic amines) is 1. The number of nitrogens with two attached hydrogens (primary N) is 1. The predicted molar refractivity (Wildman–Crippen MR) is 429 cm³/mol. The van der Waals surface area contributed by atoms with Crippen molar-refractivity contribution in [1.29, 1.82) is 0 Å². The molecule has 0 bridgehead atoms. The first-order valence-electron chi connectivity index (χ1n) is 39.5. The van der Waals surface area contributed by atoms with E-state index in [0.717, 1.165) is 22.3 Å². The smallest absolute Gasteiger partial charge is 0.410 e. The van der Waals surface area contributed by atoms with Gasteiger partial charge in [0.2, 0.25) is 41.4 Å². The molecule has 6 rings (SSSR count).